The van der Waals surface area contributed by atoms with Crippen LogP contribution in [0.5, 0.6) is 0 Å². The van der Waals surface area contributed by atoms with Crippen LogP contribution in [0.3, 0.4) is 0 Å². The average molecular weight is 341 g/mol. The maximum absolute atomic E-state index is 11.9. The van der Waals surface area contributed by atoms with Gasteiger partial charge in [0.2, 0.25) is 0 Å². The fourth-order valence-corrected chi connectivity index (χ4v) is 2.07. The molecular formula is C17H27NO6. The van der Waals surface area contributed by atoms with E-state index in [1.807, 2.05) is 0 Å². The van der Waals surface area contributed by atoms with E-state index in [2.05, 4.69) is 6.58 Å². The molecule has 0 aromatic rings. The molecule has 0 aliphatic carbocycles. The Labute approximate surface area is 142 Å². The molecule has 0 radical (unpaired) electrons. The van der Waals surface area contributed by atoms with Gasteiger partial charge in [0.15, 0.2) is 0 Å². The first-order valence-electron chi connectivity index (χ1n) is 8.08. The zero-order valence-corrected chi connectivity index (χ0v) is 14.9. The maximum Gasteiger partial charge on any atom is 0.410 e. The van der Waals surface area contributed by atoms with Crippen molar-refractivity contribution in [2.75, 3.05) is 19.7 Å². The number of esters is 2. The van der Waals surface area contributed by atoms with E-state index in [-0.39, 0.29) is 25.1 Å². The minimum atomic E-state index is -0.549. The van der Waals surface area contributed by atoms with Crippen molar-refractivity contribution in [3.8, 4) is 0 Å². The topological polar surface area (TPSA) is 82.1 Å². The molecule has 0 N–H and O–H groups in total. The first kappa shape index (κ1) is 20.0. The van der Waals surface area contributed by atoms with Gasteiger partial charge in [-0.2, -0.15) is 0 Å². The van der Waals surface area contributed by atoms with Gasteiger partial charge in [0, 0.05) is 25.0 Å². The molecule has 7 heteroatoms. The Morgan fingerprint density at radius 1 is 1.25 bits per heavy atom. The van der Waals surface area contributed by atoms with Crippen LogP contribution in [-0.4, -0.2) is 54.3 Å². The molecule has 0 spiro atoms. The number of amides is 1. The van der Waals surface area contributed by atoms with Gasteiger partial charge in [0.1, 0.15) is 11.7 Å². The first-order valence-corrected chi connectivity index (χ1v) is 8.08. The summed E-state index contributed by atoms with van der Waals surface area (Å²) in [5.74, 6) is -0.829. The Hall–Kier alpha value is -2.05. The fraction of sp³-hybridized carbons (Fsp3) is 0.706. The lowest BCUT2D eigenvalue weighted by Crippen LogP contribution is -2.36. The molecule has 7 nitrogen and oxygen atoms in total. The van der Waals surface area contributed by atoms with Crippen molar-refractivity contribution < 1.29 is 28.6 Å². The smallest absolute Gasteiger partial charge is 0.410 e. The highest BCUT2D eigenvalue weighted by Crippen LogP contribution is 2.17. The molecule has 0 bridgehead atoms. The minimum absolute atomic E-state index is 0.148. The van der Waals surface area contributed by atoms with Crippen LogP contribution < -0.4 is 0 Å². The van der Waals surface area contributed by atoms with E-state index < -0.39 is 17.7 Å². The Kier molecular flexibility index (Phi) is 7.25. The molecule has 1 aliphatic rings. The van der Waals surface area contributed by atoms with Crippen LogP contribution in [0.2, 0.25) is 0 Å². The highest BCUT2D eigenvalue weighted by molar-refractivity contribution is 5.86. The van der Waals surface area contributed by atoms with E-state index in [9.17, 15) is 14.4 Å². The summed E-state index contributed by atoms with van der Waals surface area (Å²) < 4.78 is 15.5. The summed E-state index contributed by atoms with van der Waals surface area (Å²) in [6.45, 7) is 11.4. The summed E-state index contributed by atoms with van der Waals surface area (Å²) in [4.78, 5) is 36.4. The Morgan fingerprint density at radius 3 is 2.50 bits per heavy atom. The lowest BCUT2D eigenvalue weighted by Gasteiger charge is -2.24. The van der Waals surface area contributed by atoms with Gasteiger partial charge in [-0.25, -0.2) is 9.59 Å². The molecule has 1 aliphatic heterocycles. The third-order valence-electron chi connectivity index (χ3n) is 3.20. The highest BCUT2D eigenvalue weighted by Gasteiger charge is 2.31. The molecule has 1 heterocycles. The number of nitrogens with zero attached hydrogens (tertiary/aromatic N) is 1. The summed E-state index contributed by atoms with van der Waals surface area (Å²) in [5, 5.41) is 0. The molecule has 1 atom stereocenters. The summed E-state index contributed by atoms with van der Waals surface area (Å²) in [5.41, 5.74) is -0.224. The van der Waals surface area contributed by atoms with Gasteiger partial charge < -0.3 is 19.1 Å². The number of carbonyl (C=O) groups is 3. The number of ether oxygens (including phenoxy) is 3. The average Bonchev–Trinajstić information content (AvgIpc) is 2.90. The van der Waals surface area contributed by atoms with Crippen LogP contribution in [0.25, 0.3) is 0 Å². The Morgan fingerprint density at radius 2 is 1.92 bits per heavy atom. The van der Waals surface area contributed by atoms with E-state index in [0.717, 1.165) is 0 Å². The highest BCUT2D eigenvalue weighted by atomic mass is 16.6. The zero-order valence-electron chi connectivity index (χ0n) is 14.9. The van der Waals surface area contributed by atoms with Crippen molar-refractivity contribution in [1.82, 2.24) is 4.90 Å². The quantitative estimate of drug-likeness (QED) is 0.319. The second kappa shape index (κ2) is 8.70. The van der Waals surface area contributed by atoms with Crippen molar-refractivity contribution >= 4 is 18.0 Å². The number of hydrogen-bond donors (Lipinski definition) is 0. The molecule has 0 saturated carbocycles. The lowest BCUT2D eigenvalue weighted by molar-refractivity contribution is -0.150. The second-order valence-electron chi connectivity index (χ2n) is 6.85. The van der Waals surface area contributed by atoms with Crippen LogP contribution in [0.4, 0.5) is 4.79 Å². The van der Waals surface area contributed by atoms with Crippen LogP contribution in [0, 0.1) is 0 Å². The third-order valence-corrected chi connectivity index (χ3v) is 3.20. The van der Waals surface area contributed by atoms with Gasteiger partial charge in [0.05, 0.1) is 13.2 Å². The van der Waals surface area contributed by atoms with Gasteiger partial charge in [-0.3, -0.25) is 4.79 Å². The molecule has 0 aromatic heterocycles. The third kappa shape index (κ3) is 7.48. The number of carbonyl (C=O) groups excluding carboxylic acids is 3. The van der Waals surface area contributed by atoms with Crippen LogP contribution in [0.15, 0.2) is 12.2 Å². The van der Waals surface area contributed by atoms with E-state index in [1.165, 1.54) is 4.90 Å². The van der Waals surface area contributed by atoms with Gasteiger partial charge in [0.25, 0.3) is 0 Å². The number of likely N-dealkylation sites (tertiary alicyclic amines) is 1. The van der Waals surface area contributed by atoms with Gasteiger partial charge >= 0.3 is 18.0 Å². The van der Waals surface area contributed by atoms with E-state index >= 15 is 0 Å². The molecule has 1 rings (SSSR count). The summed E-state index contributed by atoms with van der Waals surface area (Å²) in [6.07, 6.45) is 0.429. The van der Waals surface area contributed by atoms with Gasteiger partial charge in [-0.05, 0) is 34.1 Å². The molecule has 24 heavy (non-hydrogen) atoms. The predicted octanol–water partition coefficient (Wildman–Crippen LogP) is 2.44. The van der Waals surface area contributed by atoms with Crippen LogP contribution in [-0.2, 0) is 23.8 Å². The molecule has 1 amide bonds. The lowest BCUT2D eigenvalue weighted by atomic mass is 10.2. The molecule has 1 unspecified atom stereocenters. The standard InChI is InChI=1S/C17H27NO6/c1-12(2)15(20)22-10-6-7-14(19)23-13-8-9-18(11-13)16(21)24-17(3,4)5/h13H,1,6-11H2,2-5H3. The second-order valence-corrected chi connectivity index (χ2v) is 6.85. The van der Waals surface area contributed by atoms with Crippen molar-refractivity contribution in [3.05, 3.63) is 12.2 Å². The molecule has 1 fully saturated rings. The van der Waals surface area contributed by atoms with Crippen molar-refractivity contribution in [3.63, 3.8) is 0 Å². The SMILES string of the molecule is C=C(C)C(=O)OCCCC(=O)OC1CCN(C(=O)OC(C)(C)C)C1. The van der Waals surface area contributed by atoms with Gasteiger partial charge in [-0.1, -0.05) is 6.58 Å². The van der Waals surface area contributed by atoms with E-state index in [1.54, 1.807) is 27.7 Å². The summed E-state index contributed by atoms with van der Waals surface area (Å²) >= 11 is 0. The number of hydrogen-bond acceptors (Lipinski definition) is 6. The monoisotopic (exact) mass is 341 g/mol. The molecular weight excluding hydrogens is 314 g/mol. The van der Waals surface area contributed by atoms with Crippen molar-refractivity contribution in [1.29, 1.82) is 0 Å². The molecule has 136 valence electrons. The first-order chi connectivity index (χ1) is 11.1. The Balaban J connectivity index is 2.23. The Bertz CT molecular complexity index is 494. The van der Waals surface area contributed by atoms with Gasteiger partial charge in [-0.15, -0.1) is 0 Å². The fourth-order valence-electron chi connectivity index (χ4n) is 2.07. The van der Waals surface area contributed by atoms with Crippen LogP contribution >= 0.6 is 0 Å². The molecule has 1 saturated heterocycles. The maximum atomic E-state index is 11.9. The van der Waals surface area contributed by atoms with E-state index in [4.69, 9.17) is 14.2 Å². The predicted molar refractivity (Wildman–Crippen MR) is 87.3 cm³/mol. The number of rotatable bonds is 6. The van der Waals surface area contributed by atoms with Crippen molar-refractivity contribution in [2.45, 2.75) is 58.7 Å². The largest absolute Gasteiger partial charge is 0.462 e. The van der Waals surface area contributed by atoms with E-state index in [0.29, 0.717) is 31.5 Å². The van der Waals surface area contributed by atoms with Crippen molar-refractivity contribution in [2.24, 2.45) is 0 Å². The van der Waals surface area contributed by atoms with Crippen LogP contribution in [0.1, 0.15) is 47.0 Å². The summed E-state index contributed by atoms with van der Waals surface area (Å²) in [7, 11) is 0. The summed E-state index contributed by atoms with van der Waals surface area (Å²) in [6, 6.07) is 0. The molecule has 0 aromatic carbocycles. The zero-order chi connectivity index (χ0) is 18.3. The normalized spacial score (nSPS) is 17.3. The minimum Gasteiger partial charge on any atom is -0.462 e.